The molecule has 1 aliphatic heterocycles. The van der Waals surface area contributed by atoms with Gasteiger partial charge in [0.1, 0.15) is 0 Å². The maximum Gasteiger partial charge on any atom is 0.284 e. The molecule has 0 aromatic heterocycles. The predicted molar refractivity (Wildman–Crippen MR) is 101 cm³/mol. The number of hydrogen-bond donors (Lipinski definition) is 0. The fraction of sp³-hybridized carbons (Fsp3) is 0.222. The molecule has 0 N–H and O–H groups in total. The van der Waals surface area contributed by atoms with Gasteiger partial charge >= 0.3 is 0 Å². The van der Waals surface area contributed by atoms with Gasteiger partial charge < -0.3 is 0 Å². The molecule has 1 fully saturated rings. The standard InChI is InChI=1S/C18H18N2O3S2/c1-3-16-17(21)20(14-7-5-4-6-8-14)18(24-16)19-25(22,23)15-11-9-13(2)10-12-15/h4-12,16H,3H2,1-2H3. The molecule has 1 aliphatic rings. The Morgan fingerprint density at radius 1 is 1.08 bits per heavy atom. The number of aryl methyl sites for hydroxylation is 1. The highest BCUT2D eigenvalue weighted by Crippen LogP contribution is 2.34. The zero-order valence-corrected chi connectivity index (χ0v) is 15.5. The summed E-state index contributed by atoms with van der Waals surface area (Å²) in [7, 11) is -3.88. The summed E-state index contributed by atoms with van der Waals surface area (Å²) in [5, 5.41) is -0.129. The molecule has 1 unspecified atom stereocenters. The quantitative estimate of drug-likeness (QED) is 0.820. The molecule has 7 heteroatoms. The summed E-state index contributed by atoms with van der Waals surface area (Å²) in [5.74, 6) is -0.142. The van der Waals surface area contributed by atoms with Crippen molar-refractivity contribution in [2.45, 2.75) is 30.4 Å². The molecule has 25 heavy (non-hydrogen) atoms. The highest BCUT2D eigenvalue weighted by Gasteiger charge is 2.39. The molecule has 5 nitrogen and oxygen atoms in total. The van der Waals surface area contributed by atoms with E-state index >= 15 is 0 Å². The van der Waals surface area contributed by atoms with Crippen molar-refractivity contribution in [1.82, 2.24) is 0 Å². The second-order valence-corrected chi connectivity index (χ2v) is 8.46. The minimum Gasteiger partial charge on any atom is -0.273 e. The van der Waals surface area contributed by atoms with Crippen molar-refractivity contribution in [2.24, 2.45) is 4.40 Å². The van der Waals surface area contributed by atoms with E-state index in [1.165, 1.54) is 28.8 Å². The van der Waals surface area contributed by atoms with Gasteiger partial charge in [0.25, 0.3) is 10.0 Å². The van der Waals surface area contributed by atoms with Gasteiger partial charge in [-0.25, -0.2) is 0 Å². The van der Waals surface area contributed by atoms with Crippen molar-refractivity contribution in [3.05, 3.63) is 60.2 Å². The van der Waals surface area contributed by atoms with Gasteiger partial charge in [0.15, 0.2) is 5.17 Å². The SMILES string of the molecule is CCC1SC(=NS(=O)(=O)c2ccc(C)cc2)N(c2ccccc2)C1=O. The van der Waals surface area contributed by atoms with E-state index in [1.807, 2.05) is 19.9 Å². The normalized spacial score (nSPS) is 19.6. The van der Waals surface area contributed by atoms with Gasteiger partial charge in [0.2, 0.25) is 5.91 Å². The van der Waals surface area contributed by atoms with Gasteiger partial charge in [0, 0.05) is 0 Å². The monoisotopic (exact) mass is 374 g/mol. The van der Waals surface area contributed by atoms with Gasteiger partial charge in [-0.05, 0) is 37.6 Å². The van der Waals surface area contributed by atoms with E-state index in [-0.39, 0.29) is 21.2 Å². The molecule has 3 rings (SSSR count). The highest BCUT2D eigenvalue weighted by molar-refractivity contribution is 8.16. The van der Waals surface area contributed by atoms with Gasteiger partial charge in [-0.2, -0.15) is 8.42 Å². The number of nitrogens with zero attached hydrogens (tertiary/aromatic N) is 2. The van der Waals surface area contributed by atoms with Crippen molar-refractivity contribution in [3.63, 3.8) is 0 Å². The fourth-order valence-corrected chi connectivity index (χ4v) is 4.74. The van der Waals surface area contributed by atoms with Crippen molar-refractivity contribution >= 4 is 38.5 Å². The summed E-state index contributed by atoms with van der Waals surface area (Å²) < 4.78 is 29.2. The van der Waals surface area contributed by atoms with Crippen LogP contribution in [-0.4, -0.2) is 24.7 Å². The number of sulfonamides is 1. The molecule has 0 radical (unpaired) electrons. The number of amidine groups is 1. The second-order valence-electron chi connectivity index (χ2n) is 5.69. The number of hydrogen-bond acceptors (Lipinski definition) is 4. The Hall–Kier alpha value is -2.12. The number of thioether (sulfide) groups is 1. The van der Waals surface area contributed by atoms with Crippen LogP contribution in [0.3, 0.4) is 0 Å². The van der Waals surface area contributed by atoms with Gasteiger partial charge in [-0.3, -0.25) is 9.69 Å². The molecule has 2 aromatic carbocycles. The van der Waals surface area contributed by atoms with E-state index < -0.39 is 10.0 Å². The smallest absolute Gasteiger partial charge is 0.273 e. The first-order valence-corrected chi connectivity index (χ1v) is 10.2. The van der Waals surface area contributed by atoms with Crippen LogP contribution in [0.2, 0.25) is 0 Å². The first-order valence-electron chi connectivity index (χ1n) is 7.89. The average molecular weight is 374 g/mol. The summed E-state index contributed by atoms with van der Waals surface area (Å²) in [6.07, 6.45) is 0.608. The summed E-state index contributed by atoms with van der Waals surface area (Å²) in [6.45, 7) is 3.78. The maximum atomic E-state index is 12.6. The highest BCUT2D eigenvalue weighted by atomic mass is 32.2. The van der Waals surface area contributed by atoms with Gasteiger partial charge in [-0.15, -0.1) is 4.40 Å². The average Bonchev–Trinajstić information content (AvgIpc) is 2.90. The van der Waals surface area contributed by atoms with Crippen LogP contribution >= 0.6 is 11.8 Å². The maximum absolute atomic E-state index is 12.6. The Bertz CT molecular complexity index is 907. The Morgan fingerprint density at radius 2 is 1.72 bits per heavy atom. The number of amides is 1. The summed E-state index contributed by atoms with van der Waals surface area (Å²) in [6, 6.07) is 15.5. The van der Waals surface area contributed by atoms with Crippen molar-refractivity contribution in [1.29, 1.82) is 0 Å². The van der Waals surface area contributed by atoms with E-state index in [2.05, 4.69) is 4.40 Å². The van der Waals surface area contributed by atoms with Crippen LogP contribution in [0.5, 0.6) is 0 Å². The zero-order valence-electron chi connectivity index (χ0n) is 13.9. The van der Waals surface area contributed by atoms with E-state index in [1.54, 1.807) is 36.4 Å². The molecule has 0 saturated carbocycles. The molecule has 1 atom stereocenters. The molecule has 1 amide bonds. The summed E-state index contributed by atoms with van der Waals surface area (Å²) >= 11 is 1.19. The molecule has 0 aliphatic carbocycles. The number of carbonyl (C=O) groups is 1. The second kappa shape index (κ2) is 7.01. The van der Waals surface area contributed by atoms with Crippen LogP contribution in [0.4, 0.5) is 5.69 Å². The molecule has 130 valence electrons. The topological polar surface area (TPSA) is 66.8 Å². The zero-order chi connectivity index (χ0) is 18.0. The van der Waals surface area contributed by atoms with Gasteiger partial charge in [0.05, 0.1) is 15.8 Å². The lowest BCUT2D eigenvalue weighted by molar-refractivity contribution is -0.116. The number of carbonyl (C=O) groups excluding carboxylic acids is 1. The van der Waals surface area contributed by atoms with Crippen LogP contribution in [0.1, 0.15) is 18.9 Å². The van der Waals surface area contributed by atoms with Crippen LogP contribution in [0.25, 0.3) is 0 Å². The Kier molecular flexibility index (Phi) is 4.96. The van der Waals surface area contributed by atoms with E-state index in [4.69, 9.17) is 0 Å². The van der Waals surface area contributed by atoms with Crippen LogP contribution in [-0.2, 0) is 14.8 Å². The molecular weight excluding hydrogens is 356 g/mol. The summed E-state index contributed by atoms with van der Waals surface area (Å²) in [5.41, 5.74) is 1.59. The number of anilines is 1. The Balaban J connectivity index is 2.04. The lowest BCUT2D eigenvalue weighted by Gasteiger charge is -2.16. The van der Waals surface area contributed by atoms with E-state index in [0.717, 1.165) is 5.56 Å². The van der Waals surface area contributed by atoms with E-state index in [9.17, 15) is 13.2 Å². The van der Waals surface area contributed by atoms with Crippen LogP contribution in [0.15, 0.2) is 63.9 Å². The third-order valence-corrected chi connectivity index (χ3v) is 6.54. The van der Waals surface area contributed by atoms with Crippen molar-refractivity contribution in [2.75, 3.05) is 4.90 Å². The molecule has 0 spiro atoms. The molecule has 1 heterocycles. The number of rotatable bonds is 4. The molecular formula is C18H18N2O3S2. The first-order chi connectivity index (χ1) is 11.9. The van der Waals surface area contributed by atoms with E-state index in [0.29, 0.717) is 12.1 Å². The van der Waals surface area contributed by atoms with Gasteiger partial charge in [-0.1, -0.05) is 54.6 Å². The summed E-state index contributed by atoms with van der Waals surface area (Å²) in [4.78, 5) is 14.2. The predicted octanol–water partition coefficient (Wildman–Crippen LogP) is 3.60. The van der Waals surface area contributed by atoms with Crippen molar-refractivity contribution < 1.29 is 13.2 Å². The largest absolute Gasteiger partial charge is 0.284 e. The molecule has 1 saturated heterocycles. The molecule has 0 bridgehead atoms. The Morgan fingerprint density at radius 3 is 2.32 bits per heavy atom. The first kappa shape index (κ1) is 17.7. The lowest BCUT2D eigenvalue weighted by atomic mass is 10.2. The van der Waals surface area contributed by atoms with Crippen molar-refractivity contribution in [3.8, 4) is 0 Å². The lowest BCUT2D eigenvalue weighted by Crippen LogP contribution is -2.32. The Labute approximate surface area is 151 Å². The minimum atomic E-state index is -3.88. The third-order valence-electron chi connectivity index (χ3n) is 3.84. The molecule has 2 aromatic rings. The fourth-order valence-electron chi connectivity index (χ4n) is 2.47. The third kappa shape index (κ3) is 3.62. The number of benzene rings is 2. The van der Waals surface area contributed by atoms with Crippen LogP contribution < -0.4 is 4.90 Å². The van der Waals surface area contributed by atoms with Crippen LogP contribution in [0, 0.1) is 6.92 Å². The minimum absolute atomic E-state index is 0.117. The number of para-hydroxylation sites is 1.